The second-order valence-corrected chi connectivity index (χ2v) is 5.59. The van der Waals surface area contributed by atoms with E-state index in [9.17, 15) is 0 Å². The van der Waals surface area contributed by atoms with E-state index in [1.165, 1.54) is 16.5 Å². The molecule has 2 rings (SSSR count). The predicted molar refractivity (Wildman–Crippen MR) is 79.3 cm³/mol. The lowest BCUT2D eigenvalue weighted by Crippen LogP contribution is -2.35. The van der Waals surface area contributed by atoms with Crippen molar-refractivity contribution >= 4 is 18.7 Å². The zero-order valence-electron chi connectivity index (χ0n) is 11.7. The number of hydrogen-bond acceptors (Lipinski definition) is 1. The van der Waals surface area contributed by atoms with Crippen LogP contribution in [0.3, 0.4) is 0 Å². The molecular weight excluding hydrogens is 219 g/mol. The molecule has 0 saturated heterocycles. The summed E-state index contributed by atoms with van der Waals surface area (Å²) in [4.78, 5) is 5.45. The van der Waals surface area contributed by atoms with E-state index in [0.29, 0.717) is 0 Å². The quantitative estimate of drug-likeness (QED) is 0.814. The Balaban J connectivity index is 2.50. The minimum atomic E-state index is -0.339. The van der Waals surface area contributed by atoms with Crippen molar-refractivity contribution in [3.8, 4) is 0 Å². The largest absolute Gasteiger partial charge is 0.361 e. The first-order valence-corrected chi connectivity index (χ1v) is 6.48. The molecule has 2 radical (unpaired) electrons. The van der Waals surface area contributed by atoms with Gasteiger partial charge in [-0.3, -0.25) is 0 Å². The predicted octanol–water partition coefficient (Wildman–Crippen LogP) is 2.68. The number of aromatic amines is 1. The lowest BCUT2D eigenvalue weighted by atomic mass is 9.65. The fraction of sp³-hybridized carbons (Fsp3) is 0.467. The van der Waals surface area contributed by atoms with Gasteiger partial charge in [-0.05, 0) is 55.6 Å². The monoisotopic (exact) mass is 240 g/mol. The second-order valence-electron chi connectivity index (χ2n) is 5.59. The van der Waals surface area contributed by atoms with E-state index in [1.54, 1.807) is 0 Å². The molecule has 1 aromatic carbocycles. The Labute approximate surface area is 111 Å². The molecule has 0 spiro atoms. The van der Waals surface area contributed by atoms with Gasteiger partial charge in [0.1, 0.15) is 0 Å². The van der Waals surface area contributed by atoms with E-state index in [0.717, 1.165) is 18.5 Å². The van der Waals surface area contributed by atoms with E-state index in [2.05, 4.69) is 56.0 Å². The first kappa shape index (κ1) is 13.2. The summed E-state index contributed by atoms with van der Waals surface area (Å²) in [7, 11) is 10.6. The van der Waals surface area contributed by atoms with Crippen molar-refractivity contribution in [3.05, 3.63) is 35.5 Å². The number of aryl methyl sites for hydroxylation is 1. The molecular formula is C15H21BN2. The first-order valence-electron chi connectivity index (χ1n) is 6.48. The third-order valence-corrected chi connectivity index (χ3v) is 3.41. The highest BCUT2D eigenvalue weighted by atomic mass is 15.1. The van der Waals surface area contributed by atoms with Gasteiger partial charge in [0, 0.05) is 17.1 Å². The Kier molecular flexibility index (Phi) is 3.53. The van der Waals surface area contributed by atoms with Crippen molar-refractivity contribution in [1.82, 2.24) is 9.88 Å². The fourth-order valence-electron chi connectivity index (χ4n) is 2.60. The molecule has 0 saturated carbocycles. The first-order chi connectivity index (χ1) is 8.44. The summed E-state index contributed by atoms with van der Waals surface area (Å²) in [6.07, 6.45) is 3.10. The molecule has 0 aliphatic carbocycles. The molecule has 1 aromatic heterocycles. The molecule has 0 aliphatic rings. The van der Waals surface area contributed by atoms with Crippen molar-refractivity contribution in [2.24, 2.45) is 0 Å². The number of nitrogens with one attached hydrogen (secondary N) is 1. The summed E-state index contributed by atoms with van der Waals surface area (Å²) >= 11 is 0. The molecule has 1 unspecified atom stereocenters. The molecule has 2 nitrogen and oxygen atoms in total. The minimum absolute atomic E-state index is 0.339. The molecule has 0 amide bonds. The number of rotatable bonds is 4. The third kappa shape index (κ3) is 2.46. The molecule has 0 bridgehead atoms. The summed E-state index contributed by atoms with van der Waals surface area (Å²) in [6, 6.07) is 6.56. The van der Waals surface area contributed by atoms with Gasteiger partial charge in [0.25, 0.3) is 0 Å². The average molecular weight is 240 g/mol. The van der Waals surface area contributed by atoms with Crippen molar-refractivity contribution < 1.29 is 0 Å². The van der Waals surface area contributed by atoms with Crippen molar-refractivity contribution in [2.75, 3.05) is 20.6 Å². The van der Waals surface area contributed by atoms with E-state index < -0.39 is 0 Å². The van der Waals surface area contributed by atoms with Crippen LogP contribution in [0.1, 0.15) is 25.0 Å². The number of aromatic nitrogens is 1. The minimum Gasteiger partial charge on any atom is -0.361 e. The highest BCUT2D eigenvalue weighted by molar-refractivity contribution is 6.17. The van der Waals surface area contributed by atoms with Crippen molar-refractivity contribution in [3.63, 3.8) is 0 Å². The summed E-state index contributed by atoms with van der Waals surface area (Å²) in [5, 5.41) is 0.912. The number of fused-ring (bicyclic) bond motifs is 1. The number of H-pyrrole nitrogens is 1. The zero-order chi connectivity index (χ0) is 13.3. The molecule has 1 atom stereocenters. The Morgan fingerprint density at radius 1 is 1.33 bits per heavy atom. The highest BCUT2D eigenvalue weighted by Gasteiger charge is 2.24. The Morgan fingerprint density at radius 3 is 2.67 bits per heavy atom. The number of likely N-dealkylation sites (N-methyl/N-ethyl adjacent to an activating group) is 1. The van der Waals surface area contributed by atoms with Gasteiger partial charge in [-0.15, -0.1) is 0 Å². The molecule has 94 valence electrons. The molecule has 2 aromatic rings. The van der Waals surface area contributed by atoms with E-state index in [-0.39, 0.29) is 5.31 Å². The maximum atomic E-state index is 6.48. The van der Waals surface area contributed by atoms with Crippen molar-refractivity contribution in [2.45, 2.75) is 25.6 Å². The van der Waals surface area contributed by atoms with Crippen LogP contribution in [0.4, 0.5) is 0 Å². The Bertz CT molecular complexity index is 540. The number of hydrogen-bond donors (Lipinski definition) is 1. The third-order valence-electron chi connectivity index (χ3n) is 3.41. The molecule has 3 heteroatoms. The number of benzene rings is 1. The molecule has 1 heterocycles. The summed E-state index contributed by atoms with van der Waals surface area (Å²) in [5.41, 5.74) is 3.71. The van der Waals surface area contributed by atoms with Crippen LogP contribution in [0.5, 0.6) is 0 Å². The van der Waals surface area contributed by atoms with Crippen molar-refractivity contribution in [1.29, 1.82) is 0 Å². The normalized spacial score (nSPS) is 15.2. The summed E-state index contributed by atoms with van der Waals surface area (Å²) in [5.74, 6) is 0. The average Bonchev–Trinajstić information content (AvgIpc) is 2.70. The fourth-order valence-corrected chi connectivity index (χ4v) is 2.60. The van der Waals surface area contributed by atoms with Crippen LogP contribution in [-0.4, -0.2) is 38.4 Å². The molecule has 18 heavy (non-hydrogen) atoms. The molecule has 1 N–H and O–H groups in total. The van der Waals surface area contributed by atoms with Gasteiger partial charge in [-0.2, -0.15) is 0 Å². The van der Waals surface area contributed by atoms with Crippen LogP contribution >= 0.6 is 0 Å². The van der Waals surface area contributed by atoms with Crippen LogP contribution in [0, 0.1) is 0 Å². The standard InChI is InChI=1S/C15H21BN2/c1-5-11-6-7-14-12(8-11)13(9-17-14)15(2,16)10-18(3)4/h6-9,17H,5,10H2,1-4H3. The van der Waals surface area contributed by atoms with Gasteiger partial charge in [0.15, 0.2) is 0 Å². The smallest absolute Gasteiger partial charge is 0.0825 e. The van der Waals surface area contributed by atoms with Crippen LogP contribution in [0.25, 0.3) is 10.9 Å². The van der Waals surface area contributed by atoms with E-state index in [4.69, 9.17) is 7.85 Å². The second kappa shape index (κ2) is 4.81. The summed E-state index contributed by atoms with van der Waals surface area (Å²) < 4.78 is 0. The number of nitrogens with zero attached hydrogens (tertiary/aromatic N) is 1. The Hall–Kier alpha value is -1.22. The van der Waals surface area contributed by atoms with Crippen LogP contribution in [0.2, 0.25) is 0 Å². The van der Waals surface area contributed by atoms with Crippen LogP contribution in [0.15, 0.2) is 24.4 Å². The van der Waals surface area contributed by atoms with Gasteiger partial charge in [0.2, 0.25) is 0 Å². The lowest BCUT2D eigenvalue weighted by Gasteiger charge is -2.28. The Morgan fingerprint density at radius 2 is 2.06 bits per heavy atom. The van der Waals surface area contributed by atoms with E-state index in [1.807, 2.05) is 6.20 Å². The topological polar surface area (TPSA) is 19.0 Å². The van der Waals surface area contributed by atoms with Crippen LogP contribution < -0.4 is 0 Å². The van der Waals surface area contributed by atoms with Gasteiger partial charge in [-0.25, -0.2) is 0 Å². The van der Waals surface area contributed by atoms with Gasteiger partial charge in [0.05, 0.1) is 7.85 Å². The highest BCUT2D eigenvalue weighted by Crippen LogP contribution is 2.29. The van der Waals surface area contributed by atoms with Gasteiger partial charge in [-0.1, -0.05) is 19.9 Å². The van der Waals surface area contributed by atoms with E-state index >= 15 is 0 Å². The lowest BCUT2D eigenvalue weighted by molar-refractivity contribution is 0.361. The van der Waals surface area contributed by atoms with Crippen LogP contribution in [-0.2, 0) is 11.7 Å². The summed E-state index contributed by atoms with van der Waals surface area (Å²) in [6.45, 7) is 5.10. The van der Waals surface area contributed by atoms with Gasteiger partial charge < -0.3 is 9.88 Å². The maximum absolute atomic E-state index is 6.48. The maximum Gasteiger partial charge on any atom is 0.0825 e. The molecule has 0 fully saturated rings. The SMILES string of the molecule is [B]C(C)(CN(C)C)c1c[nH]c2ccc(CC)cc12. The molecule has 0 aliphatic heterocycles. The van der Waals surface area contributed by atoms with Gasteiger partial charge >= 0.3 is 0 Å². The zero-order valence-corrected chi connectivity index (χ0v) is 11.7.